The fraction of sp³-hybridized carbons (Fsp3) is 0.643. The molecule has 1 fully saturated rings. The standard InChI is InChI=1S/C14H22N2O2.ClH.H2O/c1-9-10(2)15-11(3)13(9)14(17)18-12-6-5-7-16(4)8-12;;/h12,15H,5-8H2,1-4H3;1H;1H2. The Balaban J connectivity index is 0.00000180. The van der Waals surface area contributed by atoms with Gasteiger partial charge in [0.15, 0.2) is 0 Å². The average molecular weight is 305 g/mol. The molecule has 1 unspecified atom stereocenters. The summed E-state index contributed by atoms with van der Waals surface area (Å²) in [5.41, 5.74) is 3.65. The van der Waals surface area contributed by atoms with Crippen LogP contribution in [-0.4, -0.2) is 47.6 Å². The van der Waals surface area contributed by atoms with Crippen LogP contribution in [0.1, 0.15) is 40.2 Å². The number of esters is 1. The second-order valence-corrected chi connectivity index (χ2v) is 5.31. The molecule has 0 spiro atoms. The van der Waals surface area contributed by atoms with Gasteiger partial charge < -0.3 is 20.1 Å². The molecule has 2 heterocycles. The van der Waals surface area contributed by atoms with Crippen molar-refractivity contribution in [2.75, 3.05) is 20.1 Å². The molecule has 0 amide bonds. The van der Waals surface area contributed by atoms with Crippen molar-refractivity contribution in [2.24, 2.45) is 0 Å². The lowest BCUT2D eigenvalue weighted by molar-refractivity contribution is 0.0107. The lowest BCUT2D eigenvalue weighted by Gasteiger charge is -2.29. The maximum Gasteiger partial charge on any atom is 0.340 e. The highest BCUT2D eigenvalue weighted by molar-refractivity contribution is 5.93. The lowest BCUT2D eigenvalue weighted by Crippen LogP contribution is -2.38. The first kappa shape index (κ1) is 19.0. The quantitative estimate of drug-likeness (QED) is 0.846. The Kier molecular flexibility index (Phi) is 7.27. The van der Waals surface area contributed by atoms with Gasteiger partial charge in [0.1, 0.15) is 6.10 Å². The zero-order chi connectivity index (χ0) is 13.3. The van der Waals surface area contributed by atoms with E-state index < -0.39 is 0 Å². The van der Waals surface area contributed by atoms with Crippen molar-refractivity contribution >= 4 is 18.4 Å². The molecule has 0 radical (unpaired) electrons. The molecule has 6 heteroatoms. The van der Waals surface area contributed by atoms with Crippen LogP contribution in [0.4, 0.5) is 0 Å². The number of aryl methyl sites for hydroxylation is 2. The van der Waals surface area contributed by atoms with E-state index in [-0.39, 0.29) is 30.0 Å². The van der Waals surface area contributed by atoms with Crippen LogP contribution in [0.25, 0.3) is 0 Å². The molecule has 1 atom stereocenters. The third-order valence-corrected chi connectivity index (χ3v) is 3.75. The molecule has 0 aliphatic carbocycles. The highest BCUT2D eigenvalue weighted by Crippen LogP contribution is 2.20. The number of piperidine rings is 1. The SMILES string of the molecule is Cc1[nH]c(C)c(C(=O)OC2CCCN(C)C2)c1C.Cl.O. The summed E-state index contributed by atoms with van der Waals surface area (Å²) in [4.78, 5) is 17.6. The van der Waals surface area contributed by atoms with Crippen LogP contribution in [0.2, 0.25) is 0 Å². The number of carbonyl (C=O) groups is 1. The maximum atomic E-state index is 12.2. The summed E-state index contributed by atoms with van der Waals surface area (Å²) in [5.74, 6) is -0.186. The first-order valence-electron chi connectivity index (χ1n) is 6.54. The Morgan fingerprint density at radius 1 is 1.30 bits per heavy atom. The normalized spacial score (nSPS) is 18.9. The van der Waals surface area contributed by atoms with Crippen LogP contribution < -0.4 is 0 Å². The lowest BCUT2D eigenvalue weighted by atomic mass is 10.1. The molecule has 1 aromatic rings. The predicted octanol–water partition coefficient (Wildman–Crippen LogP) is 1.79. The van der Waals surface area contributed by atoms with E-state index in [1.807, 2.05) is 20.8 Å². The minimum Gasteiger partial charge on any atom is -0.457 e. The van der Waals surface area contributed by atoms with Crippen molar-refractivity contribution in [1.29, 1.82) is 0 Å². The van der Waals surface area contributed by atoms with Crippen molar-refractivity contribution in [2.45, 2.75) is 39.7 Å². The number of halogens is 1. The monoisotopic (exact) mass is 304 g/mol. The third-order valence-electron chi connectivity index (χ3n) is 3.75. The van der Waals surface area contributed by atoms with E-state index in [2.05, 4.69) is 16.9 Å². The number of nitrogens with zero attached hydrogens (tertiary/aromatic N) is 1. The van der Waals surface area contributed by atoms with Gasteiger partial charge in [-0.2, -0.15) is 0 Å². The van der Waals surface area contributed by atoms with Crippen LogP contribution in [0.5, 0.6) is 0 Å². The Bertz CT molecular complexity index is 460. The summed E-state index contributed by atoms with van der Waals surface area (Å²) >= 11 is 0. The van der Waals surface area contributed by atoms with E-state index in [1.54, 1.807) is 0 Å². The topological polar surface area (TPSA) is 76.8 Å². The molecule has 5 nitrogen and oxygen atoms in total. The minimum absolute atomic E-state index is 0. The van der Waals surface area contributed by atoms with Gasteiger partial charge in [0.2, 0.25) is 0 Å². The molecule has 116 valence electrons. The number of likely N-dealkylation sites (tertiary alicyclic amines) is 1. The molecule has 1 aliphatic rings. The zero-order valence-corrected chi connectivity index (χ0v) is 13.4. The number of rotatable bonds is 2. The number of likely N-dealkylation sites (N-methyl/N-ethyl adjacent to an activating group) is 1. The second kappa shape index (κ2) is 7.67. The predicted molar refractivity (Wildman–Crippen MR) is 81.8 cm³/mol. The Hall–Kier alpha value is -1.04. The first-order chi connectivity index (χ1) is 8.49. The molecule has 3 N–H and O–H groups in total. The van der Waals surface area contributed by atoms with Crippen molar-refractivity contribution in [1.82, 2.24) is 9.88 Å². The Morgan fingerprint density at radius 3 is 2.45 bits per heavy atom. The zero-order valence-electron chi connectivity index (χ0n) is 12.6. The van der Waals surface area contributed by atoms with Crippen LogP contribution in [0.3, 0.4) is 0 Å². The Morgan fingerprint density at radius 2 is 1.95 bits per heavy atom. The number of carbonyl (C=O) groups excluding carboxylic acids is 1. The van der Waals surface area contributed by atoms with Crippen LogP contribution in [-0.2, 0) is 4.74 Å². The number of nitrogens with one attached hydrogen (secondary N) is 1. The minimum atomic E-state index is -0.186. The molecule has 1 aromatic heterocycles. The van der Waals surface area contributed by atoms with E-state index in [9.17, 15) is 4.79 Å². The van der Waals surface area contributed by atoms with Gasteiger partial charge in [-0.15, -0.1) is 12.4 Å². The van der Waals surface area contributed by atoms with Gasteiger partial charge in [-0.25, -0.2) is 4.79 Å². The van der Waals surface area contributed by atoms with E-state index >= 15 is 0 Å². The molecular weight excluding hydrogens is 280 g/mol. The number of hydrogen-bond donors (Lipinski definition) is 1. The molecule has 0 saturated carbocycles. The van der Waals surface area contributed by atoms with Gasteiger partial charge >= 0.3 is 5.97 Å². The third kappa shape index (κ3) is 3.98. The van der Waals surface area contributed by atoms with E-state index in [0.717, 1.165) is 42.9 Å². The van der Waals surface area contributed by atoms with E-state index in [1.165, 1.54) is 0 Å². The summed E-state index contributed by atoms with van der Waals surface area (Å²) in [6.45, 7) is 7.79. The second-order valence-electron chi connectivity index (χ2n) is 5.31. The van der Waals surface area contributed by atoms with Crippen molar-refractivity contribution in [3.05, 3.63) is 22.5 Å². The average Bonchev–Trinajstić information content (AvgIpc) is 2.53. The van der Waals surface area contributed by atoms with Gasteiger partial charge in [0.25, 0.3) is 0 Å². The largest absolute Gasteiger partial charge is 0.457 e. The highest BCUT2D eigenvalue weighted by Gasteiger charge is 2.24. The molecule has 2 rings (SSSR count). The van der Waals surface area contributed by atoms with Crippen molar-refractivity contribution in [3.63, 3.8) is 0 Å². The molecule has 20 heavy (non-hydrogen) atoms. The summed E-state index contributed by atoms with van der Waals surface area (Å²) in [6, 6.07) is 0. The van der Waals surface area contributed by atoms with Gasteiger partial charge in [0.05, 0.1) is 5.56 Å². The number of H-pyrrole nitrogens is 1. The van der Waals surface area contributed by atoms with Crippen LogP contribution in [0.15, 0.2) is 0 Å². The molecular formula is C14H25ClN2O3. The van der Waals surface area contributed by atoms with E-state index in [0.29, 0.717) is 5.56 Å². The van der Waals surface area contributed by atoms with Gasteiger partial charge in [-0.05, 0) is 52.8 Å². The number of hydrogen-bond acceptors (Lipinski definition) is 3. The van der Waals surface area contributed by atoms with Crippen molar-refractivity contribution < 1.29 is 15.0 Å². The Labute approximate surface area is 126 Å². The van der Waals surface area contributed by atoms with Gasteiger partial charge in [-0.3, -0.25) is 0 Å². The molecule has 0 aromatic carbocycles. The smallest absolute Gasteiger partial charge is 0.340 e. The first-order valence-corrected chi connectivity index (χ1v) is 6.54. The fourth-order valence-corrected chi connectivity index (χ4v) is 2.64. The summed E-state index contributed by atoms with van der Waals surface area (Å²) in [7, 11) is 2.07. The number of aromatic amines is 1. The summed E-state index contributed by atoms with van der Waals surface area (Å²) < 4.78 is 5.62. The molecule has 1 saturated heterocycles. The number of aromatic nitrogens is 1. The fourth-order valence-electron chi connectivity index (χ4n) is 2.64. The van der Waals surface area contributed by atoms with E-state index in [4.69, 9.17) is 4.74 Å². The molecule has 0 bridgehead atoms. The molecule has 1 aliphatic heterocycles. The van der Waals surface area contributed by atoms with Gasteiger partial charge in [0, 0.05) is 17.9 Å². The van der Waals surface area contributed by atoms with Gasteiger partial charge in [-0.1, -0.05) is 0 Å². The highest BCUT2D eigenvalue weighted by atomic mass is 35.5. The van der Waals surface area contributed by atoms with Crippen LogP contribution >= 0.6 is 12.4 Å². The number of ether oxygens (including phenoxy) is 1. The van der Waals surface area contributed by atoms with Crippen LogP contribution in [0, 0.1) is 20.8 Å². The summed E-state index contributed by atoms with van der Waals surface area (Å²) in [6.07, 6.45) is 2.10. The maximum absolute atomic E-state index is 12.2. The van der Waals surface area contributed by atoms with Crippen molar-refractivity contribution in [3.8, 4) is 0 Å². The summed E-state index contributed by atoms with van der Waals surface area (Å²) in [5, 5.41) is 0.